The van der Waals surface area contributed by atoms with Crippen LogP contribution < -0.4 is 10.5 Å². The summed E-state index contributed by atoms with van der Waals surface area (Å²) < 4.78 is 18.5. The van der Waals surface area contributed by atoms with Gasteiger partial charge in [0.05, 0.1) is 17.1 Å². The maximum Gasteiger partial charge on any atom is 0.311 e. The third-order valence-corrected chi connectivity index (χ3v) is 2.36. The lowest BCUT2D eigenvalue weighted by Gasteiger charge is -2.22. The first-order chi connectivity index (χ1) is 7.11. The van der Waals surface area contributed by atoms with E-state index in [1.807, 2.05) is 0 Å². The molecule has 1 aliphatic rings. The van der Waals surface area contributed by atoms with E-state index in [0.717, 1.165) is 12.1 Å². The molecule has 1 heterocycles. The molecule has 1 aromatic rings. The molecule has 0 saturated heterocycles. The third kappa shape index (κ3) is 1.94. The van der Waals surface area contributed by atoms with Gasteiger partial charge in [-0.15, -0.1) is 12.4 Å². The van der Waals surface area contributed by atoms with Crippen molar-refractivity contribution in [2.45, 2.75) is 12.5 Å². The van der Waals surface area contributed by atoms with Crippen molar-refractivity contribution in [3.8, 4) is 5.75 Å². The second-order valence-corrected chi connectivity index (χ2v) is 3.31. The summed E-state index contributed by atoms with van der Waals surface area (Å²) in [5.41, 5.74) is 5.55. The van der Waals surface area contributed by atoms with E-state index in [1.54, 1.807) is 0 Å². The second kappa shape index (κ2) is 4.63. The first kappa shape index (κ1) is 12.7. The quantitative estimate of drug-likeness (QED) is 0.608. The van der Waals surface area contributed by atoms with E-state index in [-0.39, 0.29) is 36.0 Å². The molecule has 0 saturated carbocycles. The van der Waals surface area contributed by atoms with Gasteiger partial charge in [-0.25, -0.2) is 4.39 Å². The van der Waals surface area contributed by atoms with Crippen LogP contribution in [0, 0.1) is 15.9 Å². The van der Waals surface area contributed by atoms with Gasteiger partial charge in [0, 0.05) is 18.5 Å². The number of nitro groups is 1. The van der Waals surface area contributed by atoms with Gasteiger partial charge in [-0.1, -0.05) is 0 Å². The maximum absolute atomic E-state index is 13.4. The fourth-order valence-electron chi connectivity index (χ4n) is 1.64. The first-order valence-corrected chi connectivity index (χ1v) is 4.46. The minimum atomic E-state index is -0.601. The van der Waals surface area contributed by atoms with Crippen molar-refractivity contribution in [1.82, 2.24) is 0 Å². The van der Waals surface area contributed by atoms with E-state index in [4.69, 9.17) is 10.5 Å². The molecule has 0 spiro atoms. The molecule has 16 heavy (non-hydrogen) atoms. The molecule has 1 aliphatic heterocycles. The Balaban J connectivity index is 0.00000128. The van der Waals surface area contributed by atoms with Crippen LogP contribution in [0.25, 0.3) is 0 Å². The molecule has 0 unspecified atom stereocenters. The molecule has 0 fully saturated rings. The molecule has 1 aromatic carbocycles. The number of rotatable bonds is 1. The Kier molecular flexibility index (Phi) is 3.66. The van der Waals surface area contributed by atoms with E-state index >= 15 is 0 Å². The zero-order chi connectivity index (χ0) is 11.0. The fraction of sp³-hybridized carbons (Fsp3) is 0.333. The molecular formula is C9H10ClFN2O3. The zero-order valence-corrected chi connectivity index (χ0v) is 9.00. The largest absolute Gasteiger partial charge is 0.486 e. The zero-order valence-electron chi connectivity index (χ0n) is 8.18. The molecule has 1 atom stereocenters. The van der Waals surface area contributed by atoms with Gasteiger partial charge in [-0.3, -0.25) is 10.1 Å². The molecule has 0 amide bonds. The van der Waals surface area contributed by atoms with Gasteiger partial charge in [0.2, 0.25) is 5.75 Å². The number of nitro benzene ring substituents is 1. The summed E-state index contributed by atoms with van der Waals surface area (Å²) in [6.45, 7) is 0.276. The van der Waals surface area contributed by atoms with E-state index in [1.165, 1.54) is 0 Å². The van der Waals surface area contributed by atoms with Crippen molar-refractivity contribution in [2.75, 3.05) is 6.61 Å². The summed E-state index contributed by atoms with van der Waals surface area (Å²) in [7, 11) is 0. The Hall–Kier alpha value is -1.40. The van der Waals surface area contributed by atoms with Crippen molar-refractivity contribution in [2.24, 2.45) is 5.73 Å². The highest BCUT2D eigenvalue weighted by molar-refractivity contribution is 5.85. The van der Waals surface area contributed by atoms with Crippen molar-refractivity contribution >= 4 is 18.1 Å². The predicted molar refractivity (Wildman–Crippen MR) is 57.3 cm³/mol. The number of nitrogens with zero attached hydrogens (tertiary/aromatic N) is 1. The van der Waals surface area contributed by atoms with Gasteiger partial charge >= 0.3 is 5.69 Å². The molecule has 2 rings (SSSR count). The third-order valence-electron chi connectivity index (χ3n) is 2.36. The highest BCUT2D eigenvalue weighted by Gasteiger charge is 2.29. The lowest BCUT2D eigenvalue weighted by Crippen LogP contribution is -2.22. The van der Waals surface area contributed by atoms with Crippen LogP contribution in [0.1, 0.15) is 18.0 Å². The van der Waals surface area contributed by atoms with Crippen LogP contribution in [-0.4, -0.2) is 11.5 Å². The van der Waals surface area contributed by atoms with Gasteiger partial charge in [-0.2, -0.15) is 0 Å². The van der Waals surface area contributed by atoms with E-state index < -0.39 is 16.8 Å². The smallest absolute Gasteiger partial charge is 0.311 e. The van der Waals surface area contributed by atoms with Crippen LogP contribution in [-0.2, 0) is 0 Å². The van der Waals surface area contributed by atoms with Crippen LogP contribution in [0.15, 0.2) is 12.1 Å². The molecule has 0 radical (unpaired) electrons. The Morgan fingerprint density at radius 3 is 2.88 bits per heavy atom. The summed E-state index contributed by atoms with van der Waals surface area (Å²) in [6.07, 6.45) is 0.463. The normalized spacial score (nSPS) is 18.0. The van der Waals surface area contributed by atoms with Gasteiger partial charge in [0.15, 0.2) is 0 Å². The second-order valence-electron chi connectivity index (χ2n) is 3.31. The molecule has 0 aromatic heterocycles. The highest BCUT2D eigenvalue weighted by atomic mass is 35.5. The SMILES string of the molecule is Cl.N[C@@H]1CCOc2c([N+](=O)[O-])ccc(F)c21. The van der Waals surface area contributed by atoms with E-state index in [2.05, 4.69) is 0 Å². The maximum atomic E-state index is 13.4. The van der Waals surface area contributed by atoms with Crippen molar-refractivity contribution in [1.29, 1.82) is 0 Å². The number of halogens is 2. The Morgan fingerprint density at radius 1 is 1.56 bits per heavy atom. The summed E-state index contributed by atoms with van der Waals surface area (Å²) in [5.74, 6) is -0.582. The topological polar surface area (TPSA) is 78.4 Å². The Morgan fingerprint density at radius 2 is 2.25 bits per heavy atom. The molecule has 0 bridgehead atoms. The van der Waals surface area contributed by atoms with Crippen LogP contribution >= 0.6 is 12.4 Å². The number of fused-ring (bicyclic) bond motifs is 1. The lowest BCUT2D eigenvalue weighted by molar-refractivity contribution is -0.386. The Bertz CT molecular complexity index is 427. The van der Waals surface area contributed by atoms with Gasteiger partial charge in [-0.05, 0) is 6.07 Å². The summed E-state index contributed by atoms with van der Waals surface area (Å²) in [5, 5.41) is 10.7. The number of hydrogen-bond acceptors (Lipinski definition) is 4. The van der Waals surface area contributed by atoms with E-state index in [9.17, 15) is 14.5 Å². The standard InChI is InChI=1S/C9H9FN2O3.ClH/c10-5-1-2-7(12(13)14)9-8(5)6(11)3-4-15-9;/h1-2,6H,3-4,11H2;1H/t6-;/m1./s1. The summed E-state index contributed by atoms with van der Waals surface area (Å²) >= 11 is 0. The molecule has 5 nitrogen and oxygen atoms in total. The molecule has 88 valence electrons. The number of benzene rings is 1. The van der Waals surface area contributed by atoms with Crippen LogP contribution in [0.5, 0.6) is 5.75 Å². The van der Waals surface area contributed by atoms with Crippen LogP contribution in [0.4, 0.5) is 10.1 Å². The minimum Gasteiger partial charge on any atom is -0.486 e. The lowest BCUT2D eigenvalue weighted by atomic mass is 10.00. The average Bonchev–Trinajstić information content (AvgIpc) is 2.17. The van der Waals surface area contributed by atoms with Crippen molar-refractivity contribution < 1.29 is 14.1 Å². The van der Waals surface area contributed by atoms with Crippen LogP contribution in [0.3, 0.4) is 0 Å². The average molecular weight is 249 g/mol. The van der Waals surface area contributed by atoms with Crippen molar-refractivity contribution in [3.05, 3.63) is 33.6 Å². The first-order valence-electron chi connectivity index (χ1n) is 4.46. The molecule has 2 N–H and O–H groups in total. The minimum absolute atomic E-state index is 0. The monoisotopic (exact) mass is 248 g/mol. The van der Waals surface area contributed by atoms with Gasteiger partial charge in [0.25, 0.3) is 0 Å². The highest BCUT2D eigenvalue weighted by Crippen LogP contribution is 2.39. The van der Waals surface area contributed by atoms with E-state index in [0.29, 0.717) is 6.42 Å². The number of ether oxygens (including phenoxy) is 1. The fourth-order valence-corrected chi connectivity index (χ4v) is 1.64. The van der Waals surface area contributed by atoms with Crippen LogP contribution in [0.2, 0.25) is 0 Å². The molecular weight excluding hydrogens is 239 g/mol. The molecule has 7 heteroatoms. The number of nitrogens with two attached hydrogens (primary N) is 1. The summed E-state index contributed by atoms with van der Waals surface area (Å²) in [4.78, 5) is 10.1. The number of hydrogen-bond donors (Lipinski definition) is 1. The van der Waals surface area contributed by atoms with Crippen molar-refractivity contribution in [3.63, 3.8) is 0 Å². The summed E-state index contributed by atoms with van der Waals surface area (Å²) in [6, 6.07) is 1.60. The van der Waals surface area contributed by atoms with Gasteiger partial charge in [0.1, 0.15) is 5.82 Å². The van der Waals surface area contributed by atoms with Gasteiger partial charge < -0.3 is 10.5 Å². The Labute approximate surface area is 96.9 Å². The predicted octanol–water partition coefficient (Wildman–Crippen LogP) is 1.94. The molecule has 0 aliphatic carbocycles.